The van der Waals surface area contributed by atoms with Gasteiger partial charge in [0, 0.05) is 6.54 Å². The molecule has 4 aromatic rings. The van der Waals surface area contributed by atoms with Crippen molar-refractivity contribution in [3.63, 3.8) is 0 Å². The molecule has 0 aromatic heterocycles. The van der Waals surface area contributed by atoms with Crippen molar-refractivity contribution in [2.75, 3.05) is 0 Å². The van der Waals surface area contributed by atoms with Crippen LogP contribution >= 0.6 is 0 Å². The van der Waals surface area contributed by atoms with E-state index in [0.29, 0.717) is 23.8 Å². The molecule has 0 aliphatic rings. The molecular formula is C30H24F9N. The van der Waals surface area contributed by atoms with Gasteiger partial charge in [0.2, 0.25) is 0 Å². The molecule has 4 aromatic carbocycles. The Hall–Kier alpha value is -3.79. The van der Waals surface area contributed by atoms with E-state index in [1.807, 2.05) is 0 Å². The van der Waals surface area contributed by atoms with Crippen molar-refractivity contribution in [3.05, 3.63) is 142 Å². The van der Waals surface area contributed by atoms with Crippen LogP contribution in [0.3, 0.4) is 0 Å². The smallest absolute Gasteiger partial charge is 0.299 e. The van der Waals surface area contributed by atoms with E-state index in [-0.39, 0.29) is 37.1 Å². The summed E-state index contributed by atoms with van der Waals surface area (Å²) in [5.41, 5.74) is -3.88. The van der Waals surface area contributed by atoms with Crippen LogP contribution in [0.5, 0.6) is 0 Å². The Balaban J connectivity index is 0.00000441. The van der Waals surface area contributed by atoms with E-state index in [4.69, 9.17) is 0 Å². The molecule has 0 heterocycles. The van der Waals surface area contributed by atoms with Crippen LogP contribution in [0.4, 0.5) is 39.5 Å². The van der Waals surface area contributed by atoms with E-state index in [1.54, 1.807) is 30.3 Å². The molecule has 0 fully saturated rings. The second kappa shape index (κ2) is 11.8. The molecule has 1 atom stereocenters. The van der Waals surface area contributed by atoms with E-state index >= 15 is 0 Å². The second-order valence-corrected chi connectivity index (χ2v) is 8.97. The topological polar surface area (TPSA) is 12.0 Å². The van der Waals surface area contributed by atoms with Crippen molar-refractivity contribution in [1.29, 1.82) is 0 Å². The van der Waals surface area contributed by atoms with E-state index in [1.165, 1.54) is 12.1 Å². The lowest BCUT2D eigenvalue weighted by Gasteiger charge is -2.37. The van der Waals surface area contributed by atoms with Crippen molar-refractivity contribution >= 4 is 0 Å². The molecule has 1 nitrogen and oxygen atoms in total. The minimum Gasteiger partial charge on any atom is -0.299 e. The zero-order valence-corrected chi connectivity index (χ0v) is 20.0. The fourth-order valence-electron chi connectivity index (χ4n) is 4.43. The minimum atomic E-state index is -4.98. The molecule has 0 saturated heterocycles. The number of hydrogen-bond acceptors (Lipinski definition) is 1. The molecule has 10 heteroatoms. The second-order valence-electron chi connectivity index (χ2n) is 8.97. The van der Waals surface area contributed by atoms with Gasteiger partial charge < -0.3 is 0 Å². The fourth-order valence-corrected chi connectivity index (χ4v) is 4.43. The van der Waals surface area contributed by atoms with E-state index in [2.05, 4.69) is 5.32 Å². The minimum absolute atomic E-state index is 0. The average Bonchev–Trinajstić information content (AvgIpc) is 2.87. The van der Waals surface area contributed by atoms with Crippen molar-refractivity contribution in [3.8, 4) is 0 Å². The highest BCUT2D eigenvalue weighted by Gasteiger charge is 2.39. The Bertz CT molecular complexity index is 1430. The Morgan fingerprint density at radius 2 is 1.18 bits per heavy atom. The SMILES string of the molecule is C.Fc1ccc([C@](Cc2ccccc2)(NCc2ccc(F)c(C(F)(F)F)c2)c2cc(F)cc(C(F)(F)F)c2)cc1. The number of nitrogens with one attached hydrogen (secondary N) is 1. The molecule has 212 valence electrons. The molecule has 0 unspecified atom stereocenters. The lowest BCUT2D eigenvalue weighted by molar-refractivity contribution is -0.140. The predicted molar refractivity (Wildman–Crippen MR) is 134 cm³/mol. The molecule has 1 N–H and O–H groups in total. The van der Waals surface area contributed by atoms with Gasteiger partial charge in [0.25, 0.3) is 0 Å². The zero-order chi connectivity index (χ0) is 28.4. The molecule has 0 aliphatic carbocycles. The average molecular weight is 570 g/mol. The maximum Gasteiger partial charge on any atom is 0.419 e. The van der Waals surface area contributed by atoms with E-state index in [0.717, 1.165) is 30.3 Å². The van der Waals surface area contributed by atoms with Crippen molar-refractivity contribution in [1.82, 2.24) is 5.32 Å². The summed E-state index contributed by atoms with van der Waals surface area (Å²) in [4.78, 5) is 0. The third-order valence-electron chi connectivity index (χ3n) is 6.30. The van der Waals surface area contributed by atoms with Crippen LogP contribution in [0.15, 0.2) is 91.0 Å². The van der Waals surface area contributed by atoms with Crippen LogP contribution in [0.1, 0.15) is 40.8 Å². The number of rotatable bonds is 7. The first-order chi connectivity index (χ1) is 18.3. The van der Waals surface area contributed by atoms with Crippen LogP contribution < -0.4 is 5.32 Å². The third-order valence-corrected chi connectivity index (χ3v) is 6.30. The highest BCUT2D eigenvalue weighted by atomic mass is 19.4. The molecule has 0 aliphatic heterocycles. The van der Waals surface area contributed by atoms with Gasteiger partial charge >= 0.3 is 12.4 Å². The molecule has 40 heavy (non-hydrogen) atoms. The standard InChI is InChI=1S/C29H20F9N.CH4/c30-23-9-7-20(8-10-23)27(16-18-4-2-1-3-5-18,21-13-22(28(33,34)35)15-24(31)14-21)39-17-19-6-11-26(32)25(12-19)29(36,37)38;/h1-15,39H,16-17H2;1H4/t27-;/m0./s1. The van der Waals surface area contributed by atoms with Gasteiger partial charge in [-0.2, -0.15) is 26.3 Å². The van der Waals surface area contributed by atoms with E-state index in [9.17, 15) is 39.5 Å². The van der Waals surface area contributed by atoms with E-state index < -0.39 is 46.5 Å². The molecule has 0 bridgehead atoms. The first-order valence-corrected chi connectivity index (χ1v) is 11.6. The molecule has 4 rings (SSSR count). The molecule has 0 radical (unpaired) electrons. The Morgan fingerprint density at radius 3 is 1.77 bits per heavy atom. The first-order valence-electron chi connectivity index (χ1n) is 11.6. The van der Waals surface area contributed by atoms with Gasteiger partial charge in [0.05, 0.1) is 16.7 Å². The van der Waals surface area contributed by atoms with Crippen LogP contribution in [0.25, 0.3) is 0 Å². The highest BCUT2D eigenvalue weighted by molar-refractivity contribution is 5.44. The molecular weight excluding hydrogens is 545 g/mol. The van der Waals surface area contributed by atoms with Crippen LogP contribution in [-0.2, 0) is 30.9 Å². The van der Waals surface area contributed by atoms with Gasteiger partial charge in [-0.15, -0.1) is 0 Å². The maximum absolute atomic E-state index is 14.6. The van der Waals surface area contributed by atoms with Crippen LogP contribution in [-0.4, -0.2) is 0 Å². The van der Waals surface area contributed by atoms with Crippen molar-refractivity contribution in [2.45, 2.75) is 38.3 Å². The van der Waals surface area contributed by atoms with Gasteiger partial charge in [-0.05, 0) is 71.1 Å². The zero-order valence-electron chi connectivity index (χ0n) is 20.0. The summed E-state index contributed by atoms with van der Waals surface area (Å²) in [6.45, 7) is -0.383. The van der Waals surface area contributed by atoms with Gasteiger partial charge in [0.15, 0.2) is 0 Å². The molecule has 0 saturated carbocycles. The van der Waals surface area contributed by atoms with Gasteiger partial charge in [-0.3, -0.25) is 5.32 Å². The summed E-state index contributed by atoms with van der Waals surface area (Å²) in [6, 6.07) is 17.4. The van der Waals surface area contributed by atoms with Gasteiger partial charge in [-0.1, -0.05) is 56.0 Å². The van der Waals surface area contributed by atoms with Crippen LogP contribution in [0.2, 0.25) is 0 Å². The maximum atomic E-state index is 14.6. The lowest BCUT2D eigenvalue weighted by Crippen LogP contribution is -2.45. The quantitative estimate of drug-likeness (QED) is 0.219. The number of halogens is 9. The number of alkyl halides is 6. The summed E-state index contributed by atoms with van der Waals surface area (Å²) >= 11 is 0. The summed E-state index contributed by atoms with van der Waals surface area (Å²) in [5, 5.41) is 3.01. The van der Waals surface area contributed by atoms with Crippen molar-refractivity contribution < 1.29 is 39.5 Å². The highest BCUT2D eigenvalue weighted by Crippen LogP contribution is 2.39. The molecule has 0 spiro atoms. The largest absolute Gasteiger partial charge is 0.419 e. The summed E-state index contributed by atoms with van der Waals surface area (Å²) < 4.78 is 123. The Labute approximate surface area is 225 Å². The summed E-state index contributed by atoms with van der Waals surface area (Å²) in [6.07, 6.45) is -9.98. The fraction of sp³-hybridized carbons (Fsp3) is 0.200. The third kappa shape index (κ3) is 6.85. The molecule has 0 amide bonds. The van der Waals surface area contributed by atoms with Crippen LogP contribution in [0, 0.1) is 17.5 Å². The van der Waals surface area contributed by atoms with Gasteiger partial charge in [0.1, 0.15) is 17.5 Å². The first kappa shape index (κ1) is 30.7. The van der Waals surface area contributed by atoms with Gasteiger partial charge in [-0.25, -0.2) is 13.2 Å². The lowest BCUT2D eigenvalue weighted by atomic mass is 9.77. The normalized spacial score (nSPS) is 13.4. The number of benzene rings is 4. The Morgan fingerprint density at radius 1 is 0.550 bits per heavy atom. The monoisotopic (exact) mass is 569 g/mol. The predicted octanol–water partition coefficient (Wildman–Crippen LogP) is 9.05. The summed E-state index contributed by atoms with van der Waals surface area (Å²) in [7, 11) is 0. The summed E-state index contributed by atoms with van der Waals surface area (Å²) in [5.74, 6) is -3.32. The number of hydrogen-bond donors (Lipinski definition) is 1. The van der Waals surface area contributed by atoms with Crippen molar-refractivity contribution in [2.24, 2.45) is 0 Å². The Kier molecular flexibility index (Phi) is 9.04.